The number of hydrogen-bond acceptors (Lipinski definition) is 5. The number of nitrogens with one attached hydrogen (secondary N) is 1. The molecule has 0 aromatic carbocycles. The highest BCUT2D eigenvalue weighted by Gasteiger charge is 2.17. The molecule has 1 fully saturated rings. The number of hydrogen-bond donors (Lipinski definition) is 1. The molecule has 0 bridgehead atoms. The molecule has 0 saturated carbocycles. The van der Waals surface area contributed by atoms with Crippen LogP contribution in [0.5, 0.6) is 0 Å². The van der Waals surface area contributed by atoms with E-state index in [1.54, 1.807) is 11.3 Å². The molecule has 108 valence electrons. The molecule has 1 saturated heterocycles. The molecule has 2 heterocycles. The maximum Gasteiger partial charge on any atom is 0.236 e. The third-order valence-corrected chi connectivity index (χ3v) is 3.90. The quantitative estimate of drug-likeness (QED) is 0.891. The first-order valence-electron chi connectivity index (χ1n) is 6.23. The smallest absolute Gasteiger partial charge is 0.236 e. The third-order valence-electron chi connectivity index (χ3n) is 2.95. The molecule has 1 aliphatic heterocycles. The summed E-state index contributed by atoms with van der Waals surface area (Å²) in [6.07, 6.45) is 0. The van der Waals surface area contributed by atoms with E-state index in [2.05, 4.69) is 10.3 Å². The van der Waals surface area contributed by atoms with Crippen molar-refractivity contribution in [2.75, 3.05) is 39.8 Å². The van der Waals surface area contributed by atoms with Gasteiger partial charge in [0.25, 0.3) is 0 Å². The zero-order valence-corrected chi connectivity index (χ0v) is 13.0. The standard InChI is InChI=1S/C12H20N4OS.ClH/c1-10-9-18-11(14-10)7-15(2)8-12(17)16-5-3-13-4-6-16;/h9,13H,3-8H2,1-2H3;1H. The second-order valence-electron chi connectivity index (χ2n) is 4.69. The first kappa shape index (κ1) is 16.4. The normalized spacial score (nSPS) is 15.4. The predicted octanol–water partition coefficient (Wildman–Crippen LogP) is 0.737. The van der Waals surface area contributed by atoms with Gasteiger partial charge in [0.2, 0.25) is 5.91 Å². The van der Waals surface area contributed by atoms with Crippen molar-refractivity contribution in [3.05, 3.63) is 16.1 Å². The first-order valence-corrected chi connectivity index (χ1v) is 7.11. The van der Waals surface area contributed by atoms with E-state index in [1.807, 2.05) is 29.2 Å². The van der Waals surface area contributed by atoms with Crippen molar-refractivity contribution in [1.29, 1.82) is 0 Å². The molecule has 1 N–H and O–H groups in total. The molecule has 5 nitrogen and oxygen atoms in total. The van der Waals surface area contributed by atoms with E-state index in [0.29, 0.717) is 6.54 Å². The van der Waals surface area contributed by atoms with Gasteiger partial charge in [-0.3, -0.25) is 9.69 Å². The Morgan fingerprint density at radius 1 is 1.53 bits per heavy atom. The Morgan fingerprint density at radius 2 is 2.21 bits per heavy atom. The van der Waals surface area contributed by atoms with Crippen molar-refractivity contribution in [2.24, 2.45) is 0 Å². The average Bonchev–Trinajstić information content (AvgIpc) is 2.75. The molecule has 2 rings (SSSR count). The fraction of sp³-hybridized carbons (Fsp3) is 0.667. The number of rotatable bonds is 4. The molecule has 1 aromatic rings. The molecule has 0 atom stereocenters. The van der Waals surface area contributed by atoms with Crippen molar-refractivity contribution >= 4 is 29.7 Å². The highest BCUT2D eigenvalue weighted by Crippen LogP contribution is 2.10. The van der Waals surface area contributed by atoms with Crippen LogP contribution in [-0.4, -0.2) is 60.5 Å². The van der Waals surface area contributed by atoms with Crippen molar-refractivity contribution in [2.45, 2.75) is 13.5 Å². The Morgan fingerprint density at radius 3 is 2.79 bits per heavy atom. The van der Waals surface area contributed by atoms with Gasteiger partial charge >= 0.3 is 0 Å². The Labute approximate surface area is 124 Å². The van der Waals surface area contributed by atoms with Gasteiger partial charge in [-0.15, -0.1) is 23.7 Å². The van der Waals surface area contributed by atoms with Crippen LogP contribution in [0.4, 0.5) is 0 Å². The van der Waals surface area contributed by atoms with E-state index < -0.39 is 0 Å². The summed E-state index contributed by atoms with van der Waals surface area (Å²) in [6, 6.07) is 0. The summed E-state index contributed by atoms with van der Waals surface area (Å²) in [7, 11) is 1.97. The molecular weight excluding hydrogens is 284 g/mol. The van der Waals surface area contributed by atoms with Gasteiger partial charge in [0, 0.05) is 37.3 Å². The van der Waals surface area contributed by atoms with Gasteiger partial charge in [-0.2, -0.15) is 0 Å². The lowest BCUT2D eigenvalue weighted by Gasteiger charge is -2.29. The van der Waals surface area contributed by atoms with Crippen LogP contribution in [0.1, 0.15) is 10.7 Å². The molecule has 1 aliphatic rings. The van der Waals surface area contributed by atoms with Crippen LogP contribution >= 0.6 is 23.7 Å². The number of piperazine rings is 1. The van der Waals surface area contributed by atoms with Crippen LogP contribution < -0.4 is 5.32 Å². The minimum absolute atomic E-state index is 0. The van der Waals surface area contributed by atoms with Crippen molar-refractivity contribution in [3.8, 4) is 0 Å². The fourth-order valence-corrected chi connectivity index (χ4v) is 2.86. The minimum Gasteiger partial charge on any atom is -0.339 e. The SMILES string of the molecule is Cc1csc(CN(C)CC(=O)N2CCNCC2)n1.Cl. The largest absolute Gasteiger partial charge is 0.339 e. The number of likely N-dealkylation sites (N-methyl/N-ethyl adjacent to an activating group) is 1. The van der Waals surface area contributed by atoms with Gasteiger partial charge in [-0.05, 0) is 14.0 Å². The first-order chi connectivity index (χ1) is 8.65. The number of thiazole rings is 1. The summed E-state index contributed by atoms with van der Waals surface area (Å²) < 4.78 is 0. The van der Waals surface area contributed by atoms with Crippen molar-refractivity contribution in [3.63, 3.8) is 0 Å². The van der Waals surface area contributed by atoms with E-state index >= 15 is 0 Å². The molecule has 0 radical (unpaired) electrons. The van der Waals surface area contributed by atoms with Gasteiger partial charge in [0.1, 0.15) is 5.01 Å². The second-order valence-corrected chi connectivity index (χ2v) is 5.63. The topological polar surface area (TPSA) is 48.5 Å². The zero-order valence-electron chi connectivity index (χ0n) is 11.4. The molecule has 1 aromatic heterocycles. The van der Waals surface area contributed by atoms with Crippen LogP contribution in [0.15, 0.2) is 5.38 Å². The Kier molecular flexibility index (Phi) is 6.71. The van der Waals surface area contributed by atoms with Gasteiger partial charge in [-0.1, -0.05) is 0 Å². The van der Waals surface area contributed by atoms with Gasteiger partial charge < -0.3 is 10.2 Å². The summed E-state index contributed by atoms with van der Waals surface area (Å²) in [5.41, 5.74) is 1.05. The molecular formula is C12H21ClN4OS. The lowest BCUT2D eigenvalue weighted by molar-refractivity contribution is -0.132. The van der Waals surface area contributed by atoms with Crippen LogP contribution in [-0.2, 0) is 11.3 Å². The number of carbonyl (C=O) groups is 1. The number of amides is 1. The van der Waals surface area contributed by atoms with E-state index in [-0.39, 0.29) is 18.3 Å². The highest BCUT2D eigenvalue weighted by atomic mass is 35.5. The maximum absolute atomic E-state index is 12.0. The predicted molar refractivity (Wildman–Crippen MR) is 79.9 cm³/mol. The Hall–Kier alpha value is -0.690. The molecule has 19 heavy (non-hydrogen) atoms. The van der Waals surface area contributed by atoms with E-state index in [9.17, 15) is 4.79 Å². The van der Waals surface area contributed by atoms with Crippen molar-refractivity contribution < 1.29 is 4.79 Å². The highest BCUT2D eigenvalue weighted by molar-refractivity contribution is 7.09. The Balaban J connectivity index is 0.00000180. The fourth-order valence-electron chi connectivity index (χ4n) is 2.01. The lowest BCUT2D eigenvalue weighted by atomic mass is 10.3. The molecule has 1 amide bonds. The van der Waals surface area contributed by atoms with Crippen LogP contribution in [0, 0.1) is 6.92 Å². The minimum atomic E-state index is 0. The van der Waals surface area contributed by atoms with E-state index in [0.717, 1.165) is 43.4 Å². The van der Waals surface area contributed by atoms with Gasteiger partial charge in [-0.25, -0.2) is 4.98 Å². The number of carbonyl (C=O) groups excluding carboxylic acids is 1. The monoisotopic (exact) mass is 304 g/mol. The molecule has 0 unspecified atom stereocenters. The summed E-state index contributed by atoms with van der Waals surface area (Å²) in [6.45, 7) is 6.66. The molecule has 7 heteroatoms. The second kappa shape index (κ2) is 7.79. The third kappa shape index (κ3) is 5.06. The van der Waals surface area contributed by atoms with E-state index in [4.69, 9.17) is 0 Å². The lowest BCUT2D eigenvalue weighted by Crippen LogP contribution is -2.49. The summed E-state index contributed by atoms with van der Waals surface area (Å²) >= 11 is 1.65. The van der Waals surface area contributed by atoms with Gasteiger partial charge in [0.05, 0.1) is 13.1 Å². The van der Waals surface area contributed by atoms with Crippen LogP contribution in [0.25, 0.3) is 0 Å². The maximum atomic E-state index is 12.0. The summed E-state index contributed by atoms with van der Waals surface area (Å²) in [5, 5.41) is 6.36. The summed E-state index contributed by atoms with van der Waals surface area (Å²) in [4.78, 5) is 20.4. The number of aryl methyl sites for hydroxylation is 1. The van der Waals surface area contributed by atoms with Crippen LogP contribution in [0.3, 0.4) is 0 Å². The molecule has 0 spiro atoms. The average molecular weight is 305 g/mol. The van der Waals surface area contributed by atoms with E-state index in [1.165, 1.54) is 0 Å². The number of nitrogens with zero attached hydrogens (tertiary/aromatic N) is 3. The number of aromatic nitrogens is 1. The Bertz CT molecular complexity index is 406. The molecule has 0 aliphatic carbocycles. The zero-order chi connectivity index (χ0) is 13.0. The van der Waals surface area contributed by atoms with Crippen molar-refractivity contribution in [1.82, 2.24) is 20.1 Å². The summed E-state index contributed by atoms with van der Waals surface area (Å²) in [5.74, 6) is 0.215. The van der Waals surface area contributed by atoms with Crippen LogP contribution in [0.2, 0.25) is 0 Å². The van der Waals surface area contributed by atoms with Gasteiger partial charge in [0.15, 0.2) is 0 Å². The number of halogens is 1.